The van der Waals surface area contributed by atoms with Crippen molar-refractivity contribution in [3.05, 3.63) is 29.8 Å². The molecule has 1 rings (SSSR count). The first-order valence-corrected chi connectivity index (χ1v) is 7.12. The molecule has 0 spiro atoms. The van der Waals surface area contributed by atoms with Crippen molar-refractivity contribution in [2.75, 3.05) is 26.7 Å². The minimum absolute atomic E-state index is 0.437. The highest BCUT2D eigenvalue weighted by atomic mass is 16.5. The Balaban J connectivity index is 2.45. The van der Waals surface area contributed by atoms with Crippen molar-refractivity contribution in [2.45, 2.75) is 33.3 Å². The van der Waals surface area contributed by atoms with Crippen LogP contribution in [0.2, 0.25) is 0 Å². The molecule has 0 aliphatic heterocycles. The molecule has 0 aromatic heterocycles. The molecule has 3 nitrogen and oxygen atoms in total. The van der Waals surface area contributed by atoms with Crippen molar-refractivity contribution >= 4 is 0 Å². The highest BCUT2D eigenvalue weighted by Gasteiger charge is 2.11. The number of rotatable bonds is 8. The van der Waals surface area contributed by atoms with Gasteiger partial charge in [-0.15, -0.1) is 0 Å². The number of ether oxygens (including phenoxy) is 1. The van der Waals surface area contributed by atoms with E-state index in [1.165, 1.54) is 0 Å². The van der Waals surface area contributed by atoms with Crippen LogP contribution in [0.25, 0.3) is 0 Å². The van der Waals surface area contributed by atoms with Crippen molar-refractivity contribution in [3.8, 4) is 5.75 Å². The van der Waals surface area contributed by atoms with E-state index in [1.54, 1.807) is 0 Å². The largest absolute Gasteiger partial charge is 0.494 e. The zero-order chi connectivity index (χ0) is 14.3. The van der Waals surface area contributed by atoms with Gasteiger partial charge in [0.05, 0.1) is 12.7 Å². The maximum absolute atomic E-state index is 10.2. The van der Waals surface area contributed by atoms with Crippen molar-refractivity contribution in [1.82, 2.24) is 4.90 Å². The van der Waals surface area contributed by atoms with Crippen LogP contribution in [0.5, 0.6) is 5.75 Å². The smallest absolute Gasteiger partial charge is 0.119 e. The Morgan fingerprint density at radius 1 is 1.21 bits per heavy atom. The van der Waals surface area contributed by atoms with Crippen LogP contribution in [0, 0.1) is 5.92 Å². The summed E-state index contributed by atoms with van der Waals surface area (Å²) in [6.45, 7) is 8.76. The van der Waals surface area contributed by atoms with Gasteiger partial charge in [0.1, 0.15) is 5.75 Å². The van der Waals surface area contributed by atoms with E-state index < -0.39 is 6.10 Å². The predicted octanol–water partition coefficient (Wildman–Crippen LogP) is 3.10. The Morgan fingerprint density at radius 2 is 1.84 bits per heavy atom. The summed E-state index contributed by atoms with van der Waals surface area (Å²) in [6.07, 6.45) is 0.722. The summed E-state index contributed by atoms with van der Waals surface area (Å²) in [5.41, 5.74) is 0.944. The van der Waals surface area contributed by atoms with Gasteiger partial charge < -0.3 is 14.7 Å². The van der Waals surface area contributed by atoms with E-state index in [1.807, 2.05) is 31.2 Å². The van der Waals surface area contributed by atoms with E-state index in [-0.39, 0.29) is 0 Å². The SMILES string of the molecule is CCOc1ccc(C(O)CN(C)CCC(C)C)cc1. The fourth-order valence-corrected chi connectivity index (χ4v) is 1.92. The lowest BCUT2D eigenvalue weighted by atomic mass is 10.1. The lowest BCUT2D eigenvalue weighted by Crippen LogP contribution is -2.26. The van der Waals surface area contributed by atoms with Crippen LogP contribution in [0.15, 0.2) is 24.3 Å². The first-order valence-electron chi connectivity index (χ1n) is 7.12. The summed E-state index contributed by atoms with van der Waals surface area (Å²) in [5, 5.41) is 10.2. The maximum atomic E-state index is 10.2. The molecule has 0 aliphatic carbocycles. The second kappa shape index (κ2) is 8.18. The van der Waals surface area contributed by atoms with Crippen LogP contribution in [-0.4, -0.2) is 36.8 Å². The number of nitrogens with zero attached hydrogens (tertiary/aromatic N) is 1. The van der Waals surface area contributed by atoms with Gasteiger partial charge in [-0.05, 0) is 50.6 Å². The molecule has 1 unspecified atom stereocenters. The van der Waals surface area contributed by atoms with Gasteiger partial charge in [-0.1, -0.05) is 26.0 Å². The van der Waals surface area contributed by atoms with E-state index in [0.29, 0.717) is 19.1 Å². The Bertz CT molecular complexity index is 348. The number of aliphatic hydroxyl groups is 1. The zero-order valence-corrected chi connectivity index (χ0v) is 12.6. The molecule has 108 valence electrons. The molecule has 3 heteroatoms. The van der Waals surface area contributed by atoms with Crippen LogP contribution in [-0.2, 0) is 0 Å². The van der Waals surface area contributed by atoms with Gasteiger partial charge in [0, 0.05) is 6.54 Å². The van der Waals surface area contributed by atoms with E-state index in [4.69, 9.17) is 4.74 Å². The van der Waals surface area contributed by atoms with Crippen LogP contribution < -0.4 is 4.74 Å². The van der Waals surface area contributed by atoms with Gasteiger partial charge in [-0.2, -0.15) is 0 Å². The monoisotopic (exact) mass is 265 g/mol. The normalized spacial score (nSPS) is 13.0. The fraction of sp³-hybridized carbons (Fsp3) is 0.625. The third-order valence-electron chi connectivity index (χ3n) is 3.15. The summed E-state index contributed by atoms with van der Waals surface area (Å²) in [4.78, 5) is 2.18. The van der Waals surface area contributed by atoms with Crippen molar-refractivity contribution in [1.29, 1.82) is 0 Å². The number of likely N-dealkylation sites (N-methyl/N-ethyl adjacent to an activating group) is 1. The minimum atomic E-state index is -0.437. The van der Waals surface area contributed by atoms with Gasteiger partial charge in [-0.3, -0.25) is 0 Å². The summed E-state index contributed by atoms with van der Waals surface area (Å²) in [7, 11) is 2.06. The molecule has 0 amide bonds. The molecule has 1 atom stereocenters. The topological polar surface area (TPSA) is 32.7 Å². The summed E-state index contributed by atoms with van der Waals surface area (Å²) in [5.74, 6) is 1.55. The Labute approximate surface area is 117 Å². The molecule has 0 saturated heterocycles. The van der Waals surface area contributed by atoms with Crippen LogP contribution in [0.3, 0.4) is 0 Å². The molecule has 0 heterocycles. The summed E-state index contributed by atoms with van der Waals surface area (Å²) < 4.78 is 5.39. The van der Waals surface area contributed by atoms with Crippen LogP contribution >= 0.6 is 0 Å². The lowest BCUT2D eigenvalue weighted by molar-refractivity contribution is 0.124. The standard InChI is InChI=1S/C16H27NO2/c1-5-19-15-8-6-14(7-9-15)16(18)12-17(4)11-10-13(2)3/h6-9,13,16,18H,5,10-12H2,1-4H3. The lowest BCUT2D eigenvalue weighted by Gasteiger charge is -2.21. The van der Waals surface area contributed by atoms with Crippen LogP contribution in [0.4, 0.5) is 0 Å². The molecule has 1 N–H and O–H groups in total. The van der Waals surface area contributed by atoms with Gasteiger partial charge in [0.2, 0.25) is 0 Å². The third-order valence-corrected chi connectivity index (χ3v) is 3.15. The van der Waals surface area contributed by atoms with Gasteiger partial charge in [-0.25, -0.2) is 0 Å². The van der Waals surface area contributed by atoms with Gasteiger partial charge in [0.15, 0.2) is 0 Å². The zero-order valence-electron chi connectivity index (χ0n) is 12.6. The first-order chi connectivity index (χ1) is 9.02. The molecule has 1 aromatic carbocycles. The molecule has 0 bridgehead atoms. The average Bonchev–Trinajstić information content (AvgIpc) is 2.37. The van der Waals surface area contributed by atoms with E-state index >= 15 is 0 Å². The van der Waals surface area contributed by atoms with E-state index in [2.05, 4.69) is 25.8 Å². The summed E-state index contributed by atoms with van der Waals surface area (Å²) >= 11 is 0. The van der Waals surface area contributed by atoms with Crippen molar-refractivity contribution < 1.29 is 9.84 Å². The highest BCUT2D eigenvalue weighted by molar-refractivity contribution is 5.28. The number of benzene rings is 1. The molecule has 0 saturated carbocycles. The van der Waals surface area contributed by atoms with Gasteiger partial charge in [0.25, 0.3) is 0 Å². The van der Waals surface area contributed by atoms with E-state index in [9.17, 15) is 5.11 Å². The summed E-state index contributed by atoms with van der Waals surface area (Å²) in [6, 6.07) is 7.70. The Hall–Kier alpha value is -1.06. The predicted molar refractivity (Wildman–Crippen MR) is 79.5 cm³/mol. The molecular formula is C16H27NO2. The number of hydrogen-bond donors (Lipinski definition) is 1. The molecule has 19 heavy (non-hydrogen) atoms. The van der Waals surface area contributed by atoms with Gasteiger partial charge >= 0.3 is 0 Å². The van der Waals surface area contributed by atoms with Crippen molar-refractivity contribution in [3.63, 3.8) is 0 Å². The number of hydrogen-bond acceptors (Lipinski definition) is 3. The molecular weight excluding hydrogens is 238 g/mol. The van der Waals surface area contributed by atoms with E-state index in [0.717, 1.165) is 24.3 Å². The molecule has 0 aliphatic rings. The molecule has 0 fully saturated rings. The Kier molecular flexibility index (Phi) is 6.89. The maximum Gasteiger partial charge on any atom is 0.119 e. The fourth-order valence-electron chi connectivity index (χ4n) is 1.92. The third kappa shape index (κ3) is 6.08. The minimum Gasteiger partial charge on any atom is -0.494 e. The van der Waals surface area contributed by atoms with Crippen LogP contribution in [0.1, 0.15) is 38.9 Å². The average molecular weight is 265 g/mol. The molecule has 1 aromatic rings. The Morgan fingerprint density at radius 3 is 2.37 bits per heavy atom. The first kappa shape index (κ1) is 16.0. The second-order valence-corrected chi connectivity index (χ2v) is 5.46. The van der Waals surface area contributed by atoms with Crippen molar-refractivity contribution in [2.24, 2.45) is 5.92 Å². The number of aliphatic hydroxyl groups excluding tert-OH is 1. The quantitative estimate of drug-likeness (QED) is 0.784. The molecule has 0 radical (unpaired) electrons. The highest BCUT2D eigenvalue weighted by Crippen LogP contribution is 2.18. The second-order valence-electron chi connectivity index (χ2n) is 5.46.